The SMILES string of the molecule is CC[C@H](NC(=O)C1CCN(Cc2ccccc2)CC1)c1ccc(OC)c(OC)c1. The van der Waals surface area contributed by atoms with Crippen molar-refractivity contribution in [2.75, 3.05) is 27.3 Å². The minimum absolute atomic E-state index is 0.0235. The molecule has 5 nitrogen and oxygen atoms in total. The largest absolute Gasteiger partial charge is 0.493 e. The van der Waals surface area contributed by atoms with E-state index in [0.29, 0.717) is 11.5 Å². The predicted octanol–water partition coefficient (Wildman–Crippen LogP) is 4.18. The van der Waals surface area contributed by atoms with Gasteiger partial charge in [-0.1, -0.05) is 43.3 Å². The molecule has 0 aliphatic carbocycles. The summed E-state index contributed by atoms with van der Waals surface area (Å²) in [5.41, 5.74) is 2.37. The highest BCUT2D eigenvalue weighted by atomic mass is 16.5. The molecule has 1 N–H and O–H groups in total. The first-order chi connectivity index (χ1) is 14.1. The highest BCUT2D eigenvalue weighted by molar-refractivity contribution is 5.79. The van der Waals surface area contributed by atoms with E-state index in [1.807, 2.05) is 24.3 Å². The number of likely N-dealkylation sites (tertiary alicyclic amines) is 1. The van der Waals surface area contributed by atoms with Crippen LogP contribution in [0.2, 0.25) is 0 Å². The van der Waals surface area contributed by atoms with Gasteiger partial charge in [-0.3, -0.25) is 9.69 Å². The Labute approximate surface area is 174 Å². The number of amides is 1. The number of nitrogens with one attached hydrogen (secondary N) is 1. The van der Waals surface area contributed by atoms with Gasteiger partial charge in [0.1, 0.15) is 0 Å². The molecule has 2 aromatic rings. The van der Waals surface area contributed by atoms with Crippen molar-refractivity contribution < 1.29 is 14.3 Å². The van der Waals surface area contributed by atoms with Crippen LogP contribution in [-0.4, -0.2) is 38.1 Å². The predicted molar refractivity (Wildman–Crippen MR) is 115 cm³/mol. The molecule has 1 aliphatic rings. The molecule has 1 amide bonds. The Bertz CT molecular complexity index is 786. The van der Waals surface area contributed by atoms with Crippen LogP contribution < -0.4 is 14.8 Å². The number of rotatable bonds is 8. The summed E-state index contributed by atoms with van der Waals surface area (Å²) in [6.07, 6.45) is 2.64. The Morgan fingerprint density at radius 2 is 1.76 bits per heavy atom. The summed E-state index contributed by atoms with van der Waals surface area (Å²) >= 11 is 0. The summed E-state index contributed by atoms with van der Waals surface area (Å²) in [5.74, 6) is 1.62. The van der Waals surface area contributed by atoms with Gasteiger partial charge in [-0.05, 0) is 55.6 Å². The van der Waals surface area contributed by atoms with Crippen LogP contribution in [0.1, 0.15) is 43.4 Å². The standard InChI is InChI=1S/C24H32N2O3/c1-4-21(20-10-11-22(28-2)23(16-20)29-3)25-24(27)19-12-14-26(15-13-19)17-18-8-6-5-7-9-18/h5-11,16,19,21H,4,12-15,17H2,1-3H3,(H,25,27)/t21-/m0/s1. The maximum absolute atomic E-state index is 12.9. The Kier molecular flexibility index (Phi) is 7.53. The number of hydrogen-bond acceptors (Lipinski definition) is 4. The molecule has 0 aromatic heterocycles. The summed E-state index contributed by atoms with van der Waals surface area (Å²) in [6, 6.07) is 16.3. The minimum atomic E-state index is -0.0235. The van der Waals surface area contributed by atoms with Gasteiger partial charge in [0, 0.05) is 12.5 Å². The van der Waals surface area contributed by atoms with Crippen LogP contribution in [0.4, 0.5) is 0 Å². The highest BCUT2D eigenvalue weighted by Crippen LogP contribution is 2.31. The van der Waals surface area contributed by atoms with Gasteiger partial charge in [-0.2, -0.15) is 0 Å². The molecule has 0 bridgehead atoms. The number of piperidine rings is 1. The molecule has 0 spiro atoms. The van der Waals surface area contributed by atoms with Crippen LogP contribution in [0.15, 0.2) is 48.5 Å². The van der Waals surface area contributed by atoms with Gasteiger partial charge in [0.25, 0.3) is 0 Å². The zero-order valence-electron chi connectivity index (χ0n) is 17.7. The molecule has 5 heteroatoms. The van der Waals surface area contributed by atoms with Gasteiger partial charge in [-0.15, -0.1) is 0 Å². The third kappa shape index (κ3) is 5.51. The Hall–Kier alpha value is -2.53. The second-order valence-electron chi connectivity index (χ2n) is 7.62. The van der Waals surface area contributed by atoms with Crippen molar-refractivity contribution in [3.63, 3.8) is 0 Å². The van der Waals surface area contributed by atoms with Crippen LogP contribution in [0.5, 0.6) is 11.5 Å². The van der Waals surface area contributed by atoms with E-state index in [4.69, 9.17) is 9.47 Å². The lowest BCUT2D eigenvalue weighted by Gasteiger charge is -2.32. The van der Waals surface area contributed by atoms with E-state index in [-0.39, 0.29) is 17.9 Å². The molecule has 156 valence electrons. The van der Waals surface area contributed by atoms with E-state index < -0.39 is 0 Å². The number of methoxy groups -OCH3 is 2. The molecule has 3 rings (SSSR count). The zero-order valence-corrected chi connectivity index (χ0v) is 17.7. The number of hydrogen-bond donors (Lipinski definition) is 1. The average molecular weight is 397 g/mol. The third-order valence-electron chi connectivity index (χ3n) is 5.74. The van der Waals surface area contributed by atoms with Gasteiger partial charge in [0.05, 0.1) is 20.3 Å². The van der Waals surface area contributed by atoms with Crippen molar-refractivity contribution in [2.24, 2.45) is 5.92 Å². The number of carbonyl (C=O) groups is 1. The summed E-state index contributed by atoms with van der Waals surface area (Å²) in [5, 5.41) is 3.25. The second kappa shape index (κ2) is 10.3. The molecule has 1 fully saturated rings. The van der Waals surface area contributed by atoms with Gasteiger partial charge >= 0.3 is 0 Å². The normalized spacial score (nSPS) is 16.2. The number of nitrogens with zero attached hydrogens (tertiary/aromatic N) is 1. The van der Waals surface area contributed by atoms with E-state index >= 15 is 0 Å². The molecule has 0 unspecified atom stereocenters. The van der Waals surface area contributed by atoms with Crippen molar-refractivity contribution in [1.82, 2.24) is 10.2 Å². The number of ether oxygens (including phenoxy) is 2. The average Bonchev–Trinajstić information content (AvgIpc) is 2.78. The zero-order chi connectivity index (χ0) is 20.6. The molecule has 0 saturated carbocycles. The fraction of sp³-hybridized carbons (Fsp3) is 0.458. The van der Waals surface area contributed by atoms with E-state index in [0.717, 1.165) is 44.5 Å². The van der Waals surface area contributed by atoms with Gasteiger partial charge < -0.3 is 14.8 Å². The van der Waals surface area contributed by atoms with Crippen LogP contribution in [-0.2, 0) is 11.3 Å². The molecular weight excluding hydrogens is 364 g/mol. The second-order valence-corrected chi connectivity index (χ2v) is 7.62. The molecule has 29 heavy (non-hydrogen) atoms. The molecule has 1 saturated heterocycles. The Morgan fingerprint density at radius 3 is 2.38 bits per heavy atom. The summed E-state index contributed by atoms with van der Waals surface area (Å²) < 4.78 is 10.7. The maximum atomic E-state index is 12.9. The molecular formula is C24H32N2O3. The van der Waals surface area contributed by atoms with Gasteiger partial charge in [0.2, 0.25) is 5.91 Å². The van der Waals surface area contributed by atoms with Crippen molar-refractivity contribution in [3.05, 3.63) is 59.7 Å². The van der Waals surface area contributed by atoms with E-state index in [1.165, 1.54) is 5.56 Å². The van der Waals surface area contributed by atoms with E-state index in [1.54, 1.807) is 14.2 Å². The lowest BCUT2D eigenvalue weighted by atomic mass is 9.94. The summed E-state index contributed by atoms with van der Waals surface area (Å²) in [7, 11) is 3.26. The number of carbonyl (C=O) groups excluding carboxylic acids is 1. The first kappa shape index (κ1) is 21.2. The monoisotopic (exact) mass is 396 g/mol. The molecule has 0 radical (unpaired) electrons. The third-order valence-corrected chi connectivity index (χ3v) is 5.74. The van der Waals surface area contributed by atoms with Crippen LogP contribution in [0, 0.1) is 5.92 Å². The molecule has 1 aliphatic heterocycles. The van der Waals surface area contributed by atoms with Crippen LogP contribution >= 0.6 is 0 Å². The minimum Gasteiger partial charge on any atom is -0.493 e. The van der Waals surface area contributed by atoms with Crippen molar-refractivity contribution in [1.29, 1.82) is 0 Å². The lowest BCUT2D eigenvalue weighted by Crippen LogP contribution is -2.41. The van der Waals surface area contributed by atoms with Crippen molar-refractivity contribution >= 4 is 5.91 Å². The molecule has 1 heterocycles. The fourth-order valence-corrected chi connectivity index (χ4v) is 3.98. The molecule has 2 aromatic carbocycles. The van der Waals surface area contributed by atoms with Gasteiger partial charge in [0.15, 0.2) is 11.5 Å². The van der Waals surface area contributed by atoms with E-state index in [2.05, 4.69) is 41.4 Å². The first-order valence-corrected chi connectivity index (χ1v) is 10.4. The van der Waals surface area contributed by atoms with E-state index in [9.17, 15) is 4.79 Å². The van der Waals surface area contributed by atoms with Crippen LogP contribution in [0.3, 0.4) is 0 Å². The highest BCUT2D eigenvalue weighted by Gasteiger charge is 2.26. The van der Waals surface area contributed by atoms with Crippen molar-refractivity contribution in [3.8, 4) is 11.5 Å². The lowest BCUT2D eigenvalue weighted by molar-refractivity contribution is -0.127. The Balaban J connectivity index is 1.55. The Morgan fingerprint density at radius 1 is 1.07 bits per heavy atom. The quantitative estimate of drug-likeness (QED) is 0.727. The van der Waals surface area contributed by atoms with Crippen molar-refractivity contribution in [2.45, 2.75) is 38.8 Å². The molecule has 1 atom stereocenters. The number of benzene rings is 2. The summed E-state index contributed by atoms with van der Waals surface area (Å²) in [4.78, 5) is 15.3. The smallest absolute Gasteiger partial charge is 0.223 e. The fourth-order valence-electron chi connectivity index (χ4n) is 3.98. The van der Waals surface area contributed by atoms with Crippen LogP contribution in [0.25, 0.3) is 0 Å². The topological polar surface area (TPSA) is 50.8 Å². The summed E-state index contributed by atoms with van der Waals surface area (Å²) in [6.45, 7) is 4.96. The first-order valence-electron chi connectivity index (χ1n) is 10.4. The maximum Gasteiger partial charge on any atom is 0.223 e. The van der Waals surface area contributed by atoms with Gasteiger partial charge in [-0.25, -0.2) is 0 Å².